The molecular weight excluding hydrogens is 602 g/mol. The van der Waals surface area contributed by atoms with Crippen molar-refractivity contribution in [2.24, 2.45) is 11.8 Å². The maximum Gasteiger partial charge on any atom is 0.488 e. The highest BCUT2D eigenvalue weighted by atomic mass is 32.2. The summed E-state index contributed by atoms with van der Waals surface area (Å²) < 4.78 is 49.4. The number of nitrogens with one attached hydrogen (secondary N) is 1. The molecule has 43 heavy (non-hydrogen) atoms. The Balaban J connectivity index is 1.59. The van der Waals surface area contributed by atoms with Gasteiger partial charge in [-0.15, -0.1) is 0 Å². The lowest BCUT2D eigenvalue weighted by atomic mass is 9.81. The van der Waals surface area contributed by atoms with Gasteiger partial charge in [-0.25, -0.2) is 17.9 Å². The third-order valence-corrected chi connectivity index (χ3v) is 9.12. The highest BCUT2D eigenvalue weighted by Crippen LogP contribution is 2.39. The summed E-state index contributed by atoms with van der Waals surface area (Å²) in [4.78, 5) is 33.3. The molecule has 6 atom stereocenters. The van der Waals surface area contributed by atoms with Crippen molar-refractivity contribution in [2.45, 2.75) is 56.1 Å². The topological polar surface area (TPSA) is 184 Å². The van der Waals surface area contributed by atoms with Crippen LogP contribution < -0.4 is 10.8 Å². The average molecular weight is 640 g/mol. The fraction of sp³-hybridized carbons (Fsp3) is 0.519. The summed E-state index contributed by atoms with van der Waals surface area (Å²) in [6.07, 6.45) is -2.31. The van der Waals surface area contributed by atoms with E-state index in [0.29, 0.717) is 17.9 Å². The van der Waals surface area contributed by atoms with Crippen LogP contribution in [0.15, 0.2) is 59.5 Å². The van der Waals surface area contributed by atoms with E-state index in [1.165, 1.54) is 28.6 Å². The molecule has 236 valence electrons. The zero-order chi connectivity index (χ0) is 31.1. The van der Waals surface area contributed by atoms with E-state index in [9.17, 15) is 33.4 Å². The first-order valence-electron chi connectivity index (χ1n) is 14.0. The molecule has 1 amide bonds. The number of hydrogen-bond acceptors (Lipinski definition) is 9. The number of hydrogen-bond donors (Lipinski definition) is 5. The number of amides is 1. The molecule has 2 heterocycles. The minimum atomic E-state index is -5.09. The Kier molecular flexibility index (Phi) is 11.9. The monoisotopic (exact) mass is 640 g/mol. The predicted molar refractivity (Wildman–Crippen MR) is 157 cm³/mol. The van der Waals surface area contributed by atoms with Crippen LogP contribution in [0.25, 0.3) is 0 Å². The van der Waals surface area contributed by atoms with Gasteiger partial charge in [0.05, 0.1) is 30.1 Å². The molecule has 0 bridgehead atoms. The minimum absolute atomic E-state index is 0.00682. The number of phosphoric acid groups is 1. The second-order valence-corrected chi connectivity index (χ2v) is 13.7. The van der Waals surface area contributed by atoms with Crippen LogP contribution in [0.4, 0.5) is 4.79 Å². The highest BCUT2D eigenvalue weighted by Gasteiger charge is 2.44. The number of carbonyl (C=O) groups excluding carboxylic acids is 1. The van der Waals surface area contributed by atoms with Gasteiger partial charge in [0.25, 0.3) is 0 Å². The largest absolute Gasteiger partial charge is 0.488 e. The van der Waals surface area contributed by atoms with Crippen molar-refractivity contribution in [2.75, 3.05) is 26.3 Å². The van der Waals surface area contributed by atoms with Crippen molar-refractivity contribution in [3.63, 3.8) is 0 Å². The van der Waals surface area contributed by atoms with Gasteiger partial charge >= 0.3 is 21.0 Å². The Morgan fingerprint density at radius 1 is 1.12 bits per heavy atom. The normalized spacial score (nSPS) is 22.3. The highest BCUT2D eigenvalue weighted by molar-refractivity contribution is 7.82. The molecule has 0 spiro atoms. The van der Waals surface area contributed by atoms with Gasteiger partial charge in [-0.05, 0) is 41.9 Å². The summed E-state index contributed by atoms with van der Waals surface area (Å²) in [7, 11) is -8.61. The zero-order valence-electron chi connectivity index (χ0n) is 23.9. The molecule has 1 unspecified atom stereocenters. The summed E-state index contributed by atoms with van der Waals surface area (Å²) in [6.45, 7) is 4.48. The molecule has 0 saturated carbocycles. The van der Waals surface area contributed by atoms with Crippen LogP contribution in [-0.2, 0) is 40.7 Å². The molecule has 0 radical (unpaired) electrons. The van der Waals surface area contributed by atoms with Gasteiger partial charge in [-0.3, -0.25) is 4.52 Å². The van der Waals surface area contributed by atoms with Crippen LogP contribution >= 0.6 is 7.82 Å². The number of nitrogens with zero attached hydrogens (tertiary/aromatic N) is 1. The number of rotatable bonds is 14. The Morgan fingerprint density at radius 3 is 2.44 bits per heavy atom. The maximum absolute atomic E-state index is 13.7. The number of fused-ring (bicyclic) bond motifs is 1. The lowest BCUT2D eigenvalue weighted by Gasteiger charge is -2.33. The molecule has 2 aliphatic rings. The Hall–Kier alpha value is -2.17. The summed E-state index contributed by atoms with van der Waals surface area (Å²) in [5.41, 5.74) is 0.975. The molecule has 13 nitrogen and oxygen atoms in total. The molecule has 0 aliphatic carbocycles. The van der Waals surface area contributed by atoms with Crippen molar-refractivity contribution < 1.29 is 52.1 Å². The number of alkyl carbamates (subject to hydrolysis) is 1. The molecule has 4 rings (SSSR count). The van der Waals surface area contributed by atoms with Gasteiger partial charge in [-0.2, -0.15) is 0 Å². The van der Waals surface area contributed by atoms with Gasteiger partial charge in [0.15, 0.2) is 6.29 Å². The van der Waals surface area contributed by atoms with Gasteiger partial charge in [0, 0.05) is 13.1 Å². The number of carbonyl (C=O) groups is 1. The fourth-order valence-corrected chi connectivity index (χ4v) is 7.10. The molecular formula is C27H38BN2O11PS. The van der Waals surface area contributed by atoms with Gasteiger partial charge < -0.3 is 39.4 Å². The molecule has 2 aromatic carbocycles. The molecule has 2 aromatic rings. The standard InChI is InChI=1S/C27H38BN2O11PS/c1-18(2)15-30(43(37)21-10-8-20(9-11-21)28(32)33)16-24(41-42(34,35)36)23(14-19-6-4-3-5-7-19)29-27(31)40-25-17-39-26-22(25)12-13-38-26/h3-11,18,22-26,32-33H,12-17H2,1-2H3,(H,29,31)(H2,34,35,36)/t22-,23-,24+,25-,26+,43?/m0/s1. The van der Waals surface area contributed by atoms with Crippen LogP contribution in [0, 0.1) is 11.8 Å². The quantitative estimate of drug-likeness (QED) is 0.146. The number of benzene rings is 2. The van der Waals surface area contributed by atoms with Crippen molar-refractivity contribution in [3.05, 3.63) is 60.2 Å². The van der Waals surface area contributed by atoms with Gasteiger partial charge in [0.2, 0.25) is 0 Å². The van der Waals surface area contributed by atoms with E-state index in [4.69, 9.17) is 18.7 Å². The zero-order valence-corrected chi connectivity index (χ0v) is 25.6. The van der Waals surface area contributed by atoms with Gasteiger partial charge in [0.1, 0.15) is 23.2 Å². The lowest BCUT2D eigenvalue weighted by Crippen LogP contribution is -2.52. The van der Waals surface area contributed by atoms with Crippen molar-refractivity contribution in [1.29, 1.82) is 0 Å². The number of phosphoric ester groups is 1. The second-order valence-electron chi connectivity index (χ2n) is 11.0. The van der Waals surface area contributed by atoms with Crippen LogP contribution in [0.3, 0.4) is 0 Å². The van der Waals surface area contributed by atoms with E-state index in [1.807, 2.05) is 19.9 Å². The molecule has 5 N–H and O–H groups in total. The van der Waals surface area contributed by atoms with Crippen molar-refractivity contribution in [1.82, 2.24) is 9.62 Å². The third kappa shape index (κ3) is 9.92. The van der Waals surface area contributed by atoms with E-state index in [-0.39, 0.29) is 43.4 Å². The van der Waals surface area contributed by atoms with E-state index in [0.717, 1.165) is 5.56 Å². The fourth-order valence-electron chi connectivity index (χ4n) is 5.15. The van der Waals surface area contributed by atoms with E-state index in [1.54, 1.807) is 24.3 Å². The second kappa shape index (κ2) is 15.2. The minimum Gasteiger partial charge on any atom is -0.443 e. The van der Waals surface area contributed by atoms with Crippen molar-refractivity contribution in [3.8, 4) is 0 Å². The van der Waals surface area contributed by atoms with E-state index < -0.39 is 56.6 Å². The number of ether oxygens (including phenoxy) is 3. The Bertz CT molecular complexity index is 1270. The van der Waals surface area contributed by atoms with Crippen molar-refractivity contribution >= 4 is 37.5 Å². The SMILES string of the molecule is CC(C)CN(C[C@@H](OP(=O)(O)O)[C@H](Cc1ccccc1)NC(=O)O[C@H]1CO[C@H]2OCC[C@H]21)S(=O)c1ccc(B(O)O)cc1. The first kappa shape index (κ1) is 33.7. The summed E-state index contributed by atoms with van der Waals surface area (Å²) in [5.74, 6) is -0.115. The molecule has 0 aromatic heterocycles. The summed E-state index contributed by atoms with van der Waals surface area (Å²) >= 11 is 0. The average Bonchev–Trinajstić information content (AvgIpc) is 3.56. The predicted octanol–water partition coefficient (Wildman–Crippen LogP) is 0.924. The first-order valence-corrected chi connectivity index (χ1v) is 16.6. The lowest BCUT2D eigenvalue weighted by molar-refractivity contribution is -0.0907. The summed E-state index contributed by atoms with van der Waals surface area (Å²) in [6, 6.07) is 13.9. The van der Waals surface area contributed by atoms with Crippen LogP contribution in [0.5, 0.6) is 0 Å². The third-order valence-electron chi connectivity index (χ3n) is 7.13. The molecule has 2 fully saturated rings. The summed E-state index contributed by atoms with van der Waals surface area (Å²) in [5, 5.41) is 21.6. The van der Waals surface area contributed by atoms with E-state index in [2.05, 4.69) is 5.32 Å². The smallest absolute Gasteiger partial charge is 0.443 e. The molecule has 2 aliphatic heterocycles. The Morgan fingerprint density at radius 2 is 1.81 bits per heavy atom. The van der Waals surface area contributed by atoms with Crippen LogP contribution in [-0.4, -0.2) is 92.4 Å². The maximum atomic E-state index is 13.7. The Labute approximate surface area is 253 Å². The molecule has 2 saturated heterocycles. The van der Waals surface area contributed by atoms with Gasteiger partial charge in [-0.1, -0.05) is 56.3 Å². The van der Waals surface area contributed by atoms with Crippen LogP contribution in [0.1, 0.15) is 25.8 Å². The first-order chi connectivity index (χ1) is 20.4. The molecule has 16 heteroatoms. The van der Waals surface area contributed by atoms with E-state index >= 15 is 0 Å². The van der Waals surface area contributed by atoms with Crippen LogP contribution in [0.2, 0.25) is 0 Å².